The molecule has 138 valence electrons. The Morgan fingerprint density at radius 1 is 1.00 bits per heavy atom. The highest BCUT2D eigenvalue weighted by Crippen LogP contribution is 2.16. The summed E-state index contributed by atoms with van der Waals surface area (Å²) >= 11 is 0. The number of ether oxygens (including phenoxy) is 1. The van der Waals surface area contributed by atoms with Gasteiger partial charge < -0.3 is 21.1 Å². The molecule has 0 rings (SSSR count). The molecule has 8 nitrogen and oxygen atoms in total. The molecule has 0 aromatic rings. The number of methoxy groups -OCH3 is 1. The summed E-state index contributed by atoms with van der Waals surface area (Å²) < 4.78 is 4.45. The van der Waals surface area contributed by atoms with E-state index in [2.05, 4.69) is 4.74 Å². The largest absolute Gasteiger partial charge is 0.469 e. The fourth-order valence-electron chi connectivity index (χ4n) is 2.30. The number of amides is 2. The Morgan fingerprint density at radius 2 is 1.54 bits per heavy atom. The molecular formula is C16H29N3O5. The minimum atomic E-state index is -1.95. The molecule has 24 heavy (non-hydrogen) atoms. The molecule has 0 bridgehead atoms. The van der Waals surface area contributed by atoms with E-state index in [1.165, 1.54) is 7.11 Å². The van der Waals surface area contributed by atoms with E-state index in [0.29, 0.717) is 13.1 Å². The van der Waals surface area contributed by atoms with Crippen molar-refractivity contribution in [3.05, 3.63) is 0 Å². The van der Waals surface area contributed by atoms with E-state index < -0.39 is 23.2 Å². The van der Waals surface area contributed by atoms with Gasteiger partial charge in [0.1, 0.15) is 0 Å². The first-order valence-corrected chi connectivity index (χ1v) is 8.19. The normalized spacial score (nSPS) is 13.0. The van der Waals surface area contributed by atoms with Crippen LogP contribution in [0.25, 0.3) is 0 Å². The van der Waals surface area contributed by atoms with Gasteiger partial charge in [0.2, 0.25) is 11.8 Å². The molecule has 0 unspecified atom stereocenters. The van der Waals surface area contributed by atoms with E-state index in [4.69, 9.17) is 11.5 Å². The lowest BCUT2D eigenvalue weighted by Gasteiger charge is -2.26. The Bertz CT molecular complexity index is 461. The zero-order chi connectivity index (χ0) is 18.8. The van der Waals surface area contributed by atoms with Crippen molar-refractivity contribution in [3.63, 3.8) is 0 Å². The molecule has 0 aliphatic heterocycles. The third kappa shape index (κ3) is 6.66. The molecule has 0 aliphatic carbocycles. The molecule has 4 N–H and O–H groups in total. The van der Waals surface area contributed by atoms with Gasteiger partial charge in [0.05, 0.1) is 13.5 Å². The van der Waals surface area contributed by atoms with E-state index in [0.717, 1.165) is 12.8 Å². The number of Topliss-reactive ketones (excluding diaryl/α,β-unsaturated/α-hetero) is 1. The first kappa shape index (κ1) is 22.0. The average molecular weight is 343 g/mol. The average Bonchev–Trinajstić information content (AvgIpc) is 2.56. The molecule has 0 spiro atoms. The predicted molar refractivity (Wildman–Crippen MR) is 88.8 cm³/mol. The molecule has 1 atom stereocenters. The monoisotopic (exact) mass is 343 g/mol. The van der Waals surface area contributed by atoms with Crippen LogP contribution in [0, 0.1) is 0 Å². The summed E-state index contributed by atoms with van der Waals surface area (Å²) in [7, 11) is 1.20. The van der Waals surface area contributed by atoms with E-state index in [-0.39, 0.29) is 31.6 Å². The number of hydrogen-bond acceptors (Lipinski definition) is 6. The summed E-state index contributed by atoms with van der Waals surface area (Å²) in [6, 6.07) is 0. The van der Waals surface area contributed by atoms with Gasteiger partial charge >= 0.3 is 5.97 Å². The van der Waals surface area contributed by atoms with Crippen molar-refractivity contribution in [2.24, 2.45) is 11.5 Å². The van der Waals surface area contributed by atoms with Crippen LogP contribution >= 0.6 is 0 Å². The zero-order valence-corrected chi connectivity index (χ0v) is 14.8. The lowest BCUT2D eigenvalue weighted by atomic mass is 9.86. The lowest BCUT2D eigenvalue weighted by Crippen LogP contribution is -2.58. The standard InChI is InChI=1S/C16H29N3O5/c1-4-10-19(11-5-2)13(21)8-9-16(18,15(17)23)12(20)6-7-14(22)24-3/h4-11,18H2,1-3H3,(H2,17,23)/t16-/m0/s1. The Morgan fingerprint density at radius 3 is 1.96 bits per heavy atom. The van der Waals surface area contributed by atoms with Gasteiger partial charge in [-0.3, -0.25) is 19.2 Å². The van der Waals surface area contributed by atoms with Crippen LogP contribution in [0.5, 0.6) is 0 Å². The second-order valence-electron chi connectivity index (χ2n) is 5.72. The summed E-state index contributed by atoms with van der Waals surface area (Å²) in [6.07, 6.45) is 0.955. The number of primary amides is 1. The van der Waals surface area contributed by atoms with Crippen molar-refractivity contribution in [3.8, 4) is 0 Å². The number of rotatable bonds is 12. The quantitative estimate of drug-likeness (QED) is 0.382. The predicted octanol–water partition coefficient (Wildman–Crippen LogP) is 0.120. The number of carbonyl (C=O) groups is 4. The maximum Gasteiger partial charge on any atom is 0.305 e. The lowest BCUT2D eigenvalue weighted by molar-refractivity contribution is -0.144. The SMILES string of the molecule is CCCN(CCC)C(=O)CC[C@@](N)(C(N)=O)C(=O)CCC(=O)OC. The summed E-state index contributed by atoms with van der Waals surface area (Å²) in [6.45, 7) is 5.14. The Hall–Kier alpha value is -1.96. The van der Waals surface area contributed by atoms with Gasteiger partial charge in [-0.2, -0.15) is 0 Å². The number of hydrogen-bond donors (Lipinski definition) is 2. The number of nitrogens with zero attached hydrogens (tertiary/aromatic N) is 1. The van der Waals surface area contributed by atoms with E-state index in [9.17, 15) is 19.2 Å². The molecule has 0 saturated carbocycles. The third-order valence-electron chi connectivity index (χ3n) is 3.79. The van der Waals surface area contributed by atoms with Crippen LogP contribution < -0.4 is 11.5 Å². The summed E-state index contributed by atoms with van der Waals surface area (Å²) in [4.78, 5) is 48.9. The zero-order valence-electron chi connectivity index (χ0n) is 14.8. The van der Waals surface area contributed by atoms with Gasteiger partial charge in [0, 0.05) is 25.9 Å². The van der Waals surface area contributed by atoms with Gasteiger partial charge in [0.25, 0.3) is 0 Å². The van der Waals surface area contributed by atoms with Crippen molar-refractivity contribution >= 4 is 23.6 Å². The highest BCUT2D eigenvalue weighted by Gasteiger charge is 2.40. The second-order valence-corrected chi connectivity index (χ2v) is 5.72. The minimum Gasteiger partial charge on any atom is -0.469 e. The van der Waals surface area contributed by atoms with Gasteiger partial charge in [-0.05, 0) is 19.3 Å². The first-order chi connectivity index (χ1) is 11.2. The third-order valence-corrected chi connectivity index (χ3v) is 3.79. The van der Waals surface area contributed by atoms with Crippen LogP contribution in [0.2, 0.25) is 0 Å². The number of carbonyl (C=O) groups excluding carboxylic acids is 4. The summed E-state index contributed by atoms with van der Waals surface area (Å²) in [5, 5.41) is 0. The summed E-state index contributed by atoms with van der Waals surface area (Å²) in [5.41, 5.74) is 9.18. The van der Waals surface area contributed by atoms with Crippen LogP contribution in [-0.2, 0) is 23.9 Å². The minimum absolute atomic E-state index is 0.0522. The van der Waals surface area contributed by atoms with Gasteiger partial charge in [0.15, 0.2) is 11.3 Å². The van der Waals surface area contributed by atoms with Crippen LogP contribution in [0.15, 0.2) is 0 Å². The van der Waals surface area contributed by atoms with Gasteiger partial charge in [-0.15, -0.1) is 0 Å². The summed E-state index contributed by atoms with van der Waals surface area (Å²) in [5.74, 6) is -2.41. The maximum atomic E-state index is 12.3. The van der Waals surface area contributed by atoms with Crippen molar-refractivity contribution in [2.75, 3.05) is 20.2 Å². The molecule has 8 heteroatoms. The van der Waals surface area contributed by atoms with Crippen LogP contribution in [0.3, 0.4) is 0 Å². The fourth-order valence-corrected chi connectivity index (χ4v) is 2.30. The van der Waals surface area contributed by atoms with E-state index in [1.807, 2.05) is 13.8 Å². The molecular weight excluding hydrogens is 314 g/mol. The molecule has 2 amide bonds. The number of ketones is 1. The molecule has 0 aromatic carbocycles. The molecule has 0 saturated heterocycles. The molecule has 0 heterocycles. The molecule has 0 aromatic heterocycles. The van der Waals surface area contributed by atoms with Crippen LogP contribution in [0.4, 0.5) is 0 Å². The second kappa shape index (κ2) is 10.7. The topological polar surface area (TPSA) is 133 Å². The fraction of sp³-hybridized carbons (Fsp3) is 0.750. The van der Waals surface area contributed by atoms with Crippen LogP contribution in [0.1, 0.15) is 52.4 Å². The van der Waals surface area contributed by atoms with Gasteiger partial charge in [-0.1, -0.05) is 13.8 Å². The number of nitrogens with two attached hydrogens (primary N) is 2. The highest BCUT2D eigenvalue weighted by atomic mass is 16.5. The molecule has 0 aliphatic rings. The van der Waals surface area contributed by atoms with Crippen molar-refractivity contribution < 1.29 is 23.9 Å². The van der Waals surface area contributed by atoms with Crippen molar-refractivity contribution in [2.45, 2.75) is 57.9 Å². The molecule has 0 radical (unpaired) electrons. The van der Waals surface area contributed by atoms with E-state index >= 15 is 0 Å². The Labute approximate surface area is 142 Å². The first-order valence-electron chi connectivity index (χ1n) is 8.19. The van der Waals surface area contributed by atoms with E-state index in [1.54, 1.807) is 4.90 Å². The van der Waals surface area contributed by atoms with Crippen molar-refractivity contribution in [1.29, 1.82) is 0 Å². The Kier molecular flexibility index (Phi) is 9.87. The Balaban J connectivity index is 4.87. The van der Waals surface area contributed by atoms with Crippen molar-refractivity contribution in [1.82, 2.24) is 4.90 Å². The smallest absolute Gasteiger partial charge is 0.305 e. The number of esters is 1. The van der Waals surface area contributed by atoms with Gasteiger partial charge in [-0.25, -0.2) is 0 Å². The molecule has 0 fully saturated rings. The highest BCUT2D eigenvalue weighted by molar-refractivity contribution is 6.10. The van der Waals surface area contributed by atoms with Crippen LogP contribution in [-0.4, -0.2) is 54.2 Å². The maximum absolute atomic E-state index is 12.3.